The van der Waals surface area contributed by atoms with E-state index in [4.69, 9.17) is 4.42 Å². The monoisotopic (exact) mass is 295 g/mol. The molecule has 0 atom stereocenters. The second kappa shape index (κ2) is 6.75. The minimum Gasteiger partial charge on any atom is -0.459 e. The summed E-state index contributed by atoms with van der Waals surface area (Å²) in [5, 5.41) is 8.30. The molecule has 0 aliphatic heterocycles. The number of hydrogen-bond acceptors (Lipinski definition) is 6. The number of rotatable bonds is 5. The van der Waals surface area contributed by atoms with Crippen molar-refractivity contribution in [2.75, 3.05) is 5.75 Å². The second-order valence-electron chi connectivity index (χ2n) is 3.67. The second-order valence-corrected chi connectivity index (χ2v) is 4.61. The lowest BCUT2D eigenvalue weighted by atomic mass is 10.4. The first-order valence-electron chi connectivity index (χ1n) is 5.84. The Morgan fingerprint density at radius 3 is 3.00 bits per heavy atom. The van der Waals surface area contributed by atoms with Crippen molar-refractivity contribution in [3.63, 3.8) is 0 Å². The third kappa shape index (κ3) is 3.60. The minimum atomic E-state index is -0.509. The summed E-state index contributed by atoms with van der Waals surface area (Å²) in [5.74, 6) is -0.605. The molecule has 2 N–H and O–H groups in total. The zero-order valence-electron chi connectivity index (χ0n) is 10.7. The van der Waals surface area contributed by atoms with Gasteiger partial charge in [0, 0.05) is 6.54 Å². The molecule has 2 aromatic rings. The zero-order valence-corrected chi connectivity index (χ0v) is 11.5. The Bertz CT molecular complexity index is 581. The van der Waals surface area contributed by atoms with Crippen LogP contribution in [0, 0.1) is 0 Å². The van der Waals surface area contributed by atoms with Crippen molar-refractivity contribution in [1.82, 2.24) is 25.6 Å². The van der Waals surface area contributed by atoms with Gasteiger partial charge in [-0.25, -0.2) is 0 Å². The lowest BCUT2D eigenvalue weighted by Crippen LogP contribution is -2.42. The highest BCUT2D eigenvalue weighted by Crippen LogP contribution is 2.13. The van der Waals surface area contributed by atoms with E-state index in [-0.39, 0.29) is 17.4 Å². The Labute approximate surface area is 118 Å². The van der Waals surface area contributed by atoms with Gasteiger partial charge in [0.1, 0.15) is 6.33 Å². The molecule has 0 unspecified atom stereocenters. The van der Waals surface area contributed by atoms with E-state index in [0.717, 1.165) is 6.54 Å². The van der Waals surface area contributed by atoms with Gasteiger partial charge in [-0.2, -0.15) is 0 Å². The molecule has 2 amide bonds. The van der Waals surface area contributed by atoms with Crippen LogP contribution in [0.15, 0.2) is 34.3 Å². The Hall–Kier alpha value is -2.29. The fourth-order valence-electron chi connectivity index (χ4n) is 1.34. The van der Waals surface area contributed by atoms with Gasteiger partial charge in [-0.15, -0.1) is 10.2 Å². The van der Waals surface area contributed by atoms with Crippen LogP contribution in [0.1, 0.15) is 17.5 Å². The maximum absolute atomic E-state index is 11.6. The first-order chi connectivity index (χ1) is 9.70. The van der Waals surface area contributed by atoms with E-state index >= 15 is 0 Å². The average molecular weight is 295 g/mol. The normalized spacial score (nSPS) is 10.2. The Morgan fingerprint density at radius 1 is 1.45 bits per heavy atom. The Morgan fingerprint density at radius 2 is 2.30 bits per heavy atom. The fraction of sp³-hybridized carbons (Fsp3) is 0.273. The van der Waals surface area contributed by atoms with Crippen molar-refractivity contribution in [1.29, 1.82) is 0 Å². The van der Waals surface area contributed by atoms with Gasteiger partial charge < -0.3 is 8.98 Å². The summed E-state index contributed by atoms with van der Waals surface area (Å²) in [6, 6.07) is 3.09. The molecule has 0 spiro atoms. The van der Waals surface area contributed by atoms with Gasteiger partial charge in [0.2, 0.25) is 5.91 Å². The largest absolute Gasteiger partial charge is 0.459 e. The summed E-state index contributed by atoms with van der Waals surface area (Å²) < 4.78 is 6.71. The average Bonchev–Trinajstić information content (AvgIpc) is 3.12. The highest BCUT2D eigenvalue weighted by atomic mass is 32.2. The highest BCUT2D eigenvalue weighted by molar-refractivity contribution is 7.99. The van der Waals surface area contributed by atoms with E-state index in [9.17, 15) is 9.59 Å². The van der Waals surface area contributed by atoms with Crippen molar-refractivity contribution in [2.24, 2.45) is 0 Å². The summed E-state index contributed by atoms with van der Waals surface area (Å²) >= 11 is 1.24. The number of aromatic nitrogens is 3. The molecule has 8 nitrogen and oxygen atoms in total. The molecule has 2 aromatic heterocycles. The number of aryl methyl sites for hydroxylation is 1. The molecule has 0 aromatic carbocycles. The third-order valence-electron chi connectivity index (χ3n) is 2.31. The molecule has 20 heavy (non-hydrogen) atoms. The molecular weight excluding hydrogens is 282 g/mol. The van der Waals surface area contributed by atoms with Crippen LogP contribution < -0.4 is 10.9 Å². The molecule has 106 valence electrons. The number of hydrogen-bond donors (Lipinski definition) is 2. The SMILES string of the molecule is CCn1cnnc1SCC(=O)NNC(=O)c1ccco1. The molecule has 2 heterocycles. The van der Waals surface area contributed by atoms with Crippen LogP contribution in [0.25, 0.3) is 0 Å². The van der Waals surface area contributed by atoms with Crippen molar-refractivity contribution in [2.45, 2.75) is 18.6 Å². The van der Waals surface area contributed by atoms with Gasteiger partial charge in [-0.05, 0) is 19.1 Å². The van der Waals surface area contributed by atoms with Gasteiger partial charge in [-0.1, -0.05) is 11.8 Å². The first kappa shape index (κ1) is 14.1. The fourth-order valence-corrected chi connectivity index (χ4v) is 2.11. The minimum absolute atomic E-state index is 0.122. The molecule has 0 bridgehead atoms. The van der Waals surface area contributed by atoms with E-state index in [0.29, 0.717) is 5.16 Å². The van der Waals surface area contributed by atoms with Crippen LogP contribution in [0.2, 0.25) is 0 Å². The van der Waals surface area contributed by atoms with Crippen LogP contribution >= 0.6 is 11.8 Å². The molecule has 0 fully saturated rings. The van der Waals surface area contributed by atoms with Gasteiger partial charge in [-0.3, -0.25) is 20.4 Å². The summed E-state index contributed by atoms with van der Waals surface area (Å²) in [5.41, 5.74) is 4.55. The van der Waals surface area contributed by atoms with Gasteiger partial charge in [0.05, 0.1) is 12.0 Å². The summed E-state index contributed by atoms with van der Waals surface area (Å²) in [4.78, 5) is 23.1. The summed E-state index contributed by atoms with van der Waals surface area (Å²) in [6.07, 6.45) is 2.98. The predicted octanol–water partition coefficient (Wildman–Crippen LogP) is 0.444. The first-order valence-corrected chi connectivity index (χ1v) is 6.82. The number of nitrogens with one attached hydrogen (secondary N) is 2. The molecule has 0 saturated carbocycles. The van der Waals surface area contributed by atoms with Gasteiger partial charge in [0.15, 0.2) is 10.9 Å². The number of furan rings is 1. The van der Waals surface area contributed by atoms with Crippen molar-refractivity contribution >= 4 is 23.6 Å². The van der Waals surface area contributed by atoms with Crippen LogP contribution in [-0.4, -0.2) is 32.3 Å². The van der Waals surface area contributed by atoms with Gasteiger partial charge in [0.25, 0.3) is 0 Å². The molecule has 2 rings (SSSR count). The smallest absolute Gasteiger partial charge is 0.305 e. The van der Waals surface area contributed by atoms with Gasteiger partial charge >= 0.3 is 5.91 Å². The van der Waals surface area contributed by atoms with Crippen LogP contribution in [-0.2, 0) is 11.3 Å². The standard InChI is InChI=1S/C11H13N5O3S/c1-2-16-7-12-15-11(16)20-6-9(17)13-14-10(18)8-4-3-5-19-8/h3-5,7H,2,6H2,1H3,(H,13,17)(H,14,18). The zero-order chi connectivity index (χ0) is 14.4. The lowest BCUT2D eigenvalue weighted by Gasteiger charge is -2.05. The van der Waals surface area contributed by atoms with E-state index in [1.807, 2.05) is 11.5 Å². The molecular formula is C11H13N5O3S. The maximum Gasteiger partial charge on any atom is 0.305 e. The van der Waals surface area contributed by atoms with E-state index in [2.05, 4.69) is 21.0 Å². The summed E-state index contributed by atoms with van der Waals surface area (Å²) in [6.45, 7) is 2.68. The number of amides is 2. The number of thioether (sulfide) groups is 1. The lowest BCUT2D eigenvalue weighted by molar-refractivity contribution is -0.119. The van der Waals surface area contributed by atoms with Crippen LogP contribution in [0.4, 0.5) is 0 Å². The highest BCUT2D eigenvalue weighted by Gasteiger charge is 2.11. The summed E-state index contributed by atoms with van der Waals surface area (Å²) in [7, 11) is 0. The number of carbonyl (C=O) groups is 2. The predicted molar refractivity (Wildman–Crippen MR) is 70.7 cm³/mol. The van der Waals surface area contributed by atoms with Crippen molar-refractivity contribution < 1.29 is 14.0 Å². The van der Waals surface area contributed by atoms with E-state index in [1.165, 1.54) is 24.1 Å². The number of nitrogens with zero attached hydrogens (tertiary/aromatic N) is 3. The number of hydrazine groups is 1. The topological polar surface area (TPSA) is 102 Å². The van der Waals surface area contributed by atoms with Crippen LogP contribution in [0.3, 0.4) is 0 Å². The van der Waals surface area contributed by atoms with E-state index in [1.54, 1.807) is 12.4 Å². The number of carbonyl (C=O) groups excluding carboxylic acids is 2. The Balaban J connectivity index is 1.75. The van der Waals surface area contributed by atoms with Crippen LogP contribution in [0.5, 0.6) is 0 Å². The Kier molecular flexibility index (Phi) is 4.77. The quantitative estimate of drug-likeness (QED) is 0.613. The maximum atomic E-state index is 11.6. The van der Waals surface area contributed by atoms with E-state index < -0.39 is 5.91 Å². The molecule has 0 aliphatic carbocycles. The molecule has 0 aliphatic rings. The molecule has 0 saturated heterocycles. The van der Waals surface area contributed by atoms with Crippen molar-refractivity contribution in [3.8, 4) is 0 Å². The van der Waals surface area contributed by atoms with Crippen molar-refractivity contribution in [3.05, 3.63) is 30.5 Å². The molecule has 9 heteroatoms. The molecule has 0 radical (unpaired) electrons. The third-order valence-corrected chi connectivity index (χ3v) is 3.29.